The maximum absolute atomic E-state index is 12.6. The molecule has 0 N–H and O–H groups in total. The van der Waals surface area contributed by atoms with E-state index in [0.29, 0.717) is 12.1 Å². The van der Waals surface area contributed by atoms with Crippen LogP contribution in [-0.4, -0.2) is 12.5 Å². The Labute approximate surface area is 136 Å². The van der Waals surface area contributed by atoms with Crippen LogP contribution in [0.15, 0.2) is 51.4 Å². The third-order valence-electron chi connectivity index (χ3n) is 3.02. The number of nitrogens with zero attached hydrogens (tertiary/aromatic N) is 1. The van der Waals surface area contributed by atoms with Crippen molar-refractivity contribution in [2.75, 3.05) is 11.4 Å². The number of hydrogen-bond acceptors (Lipinski definition) is 1. The van der Waals surface area contributed by atoms with E-state index in [1.54, 1.807) is 4.90 Å². The van der Waals surface area contributed by atoms with Gasteiger partial charge in [-0.05, 0) is 44.2 Å². The van der Waals surface area contributed by atoms with Crippen LogP contribution >= 0.6 is 31.9 Å². The third-order valence-corrected chi connectivity index (χ3v) is 3.93. The molecule has 0 spiro atoms. The molecule has 0 atom stereocenters. The topological polar surface area (TPSA) is 20.3 Å². The summed E-state index contributed by atoms with van der Waals surface area (Å²) < 4.78 is 1.77. The average molecular weight is 397 g/mol. The van der Waals surface area contributed by atoms with Crippen molar-refractivity contribution in [2.24, 2.45) is 0 Å². The van der Waals surface area contributed by atoms with E-state index in [0.717, 1.165) is 14.6 Å². The maximum atomic E-state index is 12.6. The predicted molar refractivity (Wildman–Crippen MR) is 90.4 cm³/mol. The molecule has 4 heteroatoms. The second-order valence-corrected chi connectivity index (χ2v) is 6.37. The van der Waals surface area contributed by atoms with E-state index in [4.69, 9.17) is 0 Å². The van der Waals surface area contributed by atoms with Crippen LogP contribution in [0.3, 0.4) is 0 Å². The van der Waals surface area contributed by atoms with Gasteiger partial charge in [-0.25, -0.2) is 0 Å². The summed E-state index contributed by atoms with van der Waals surface area (Å²) in [5, 5.41) is 0. The van der Waals surface area contributed by atoms with Gasteiger partial charge in [0.1, 0.15) is 0 Å². The standard InChI is InChI=1S/C16H15Br2NO/c1-3-19(15-6-4-11(2)5-7-15)16(20)12-8-13(17)10-14(18)9-12/h4-10H,3H2,1-2H3. The quantitative estimate of drug-likeness (QED) is 0.699. The number of halogens is 2. The largest absolute Gasteiger partial charge is 0.309 e. The minimum Gasteiger partial charge on any atom is -0.309 e. The minimum absolute atomic E-state index is 0.00152. The highest BCUT2D eigenvalue weighted by atomic mass is 79.9. The molecule has 0 saturated heterocycles. The third kappa shape index (κ3) is 3.49. The van der Waals surface area contributed by atoms with Crippen LogP contribution in [0.1, 0.15) is 22.8 Å². The number of carbonyl (C=O) groups excluding carboxylic acids is 1. The van der Waals surface area contributed by atoms with Crippen molar-refractivity contribution in [3.8, 4) is 0 Å². The van der Waals surface area contributed by atoms with Gasteiger partial charge < -0.3 is 4.90 Å². The smallest absolute Gasteiger partial charge is 0.258 e. The lowest BCUT2D eigenvalue weighted by atomic mass is 10.1. The zero-order valence-corrected chi connectivity index (χ0v) is 14.5. The molecular weight excluding hydrogens is 382 g/mol. The summed E-state index contributed by atoms with van der Waals surface area (Å²) in [6, 6.07) is 13.6. The molecule has 0 aliphatic carbocycles. The van der Waals surface area contributed by atoms with Gasteiger partial charge in [-0.2, -0.15) is 0 Å². The van der Waals surface area contributed by atoms with Crippen LogP contribution < -0.4 is 4.90 Å². The highest BCUT2D eigenvalue weighted by Gasteiger charge is 2.16. The summed E-state index contributed by atoms with van der Waals surface area (Å²) in [6.07, 6.45) is 0. The molecule has 0 fully saturated rings. The zero-order valence-electron chi connectivity index (χ0n) is 11.4. The number of anilines is 1. The van der Waals surface area contributed by atoms with E-state index in [9.17, 15) is 4.79 Å². The Hall–Kier alpha value is -1.13. The molecule has 2 rings (SSSR count). The van der Waals surface area contributed by atoms with Gasteiger partial charge in [0.2, 0.25) is 0 Å². The van der Waals surface area contributed by atoms with E-state index < -0.39 is 0 Å². The lowest BCUT2D eigenvalue weighted by molar-refractivity contribution is 0.0988. The summed E-state index contributed by atoms with van der Waals surface area (Å²) in [5.41, 5.74) is 2.76. The van der Waals surface area contributed by atoms with Crippen LogP contribution in [-0.2, 0) is 0 Å². The van der Waals surface area contributed by atoms with Gasteiger partial charge in [-0.3, -0.25) is 4.79 Å². The fraction of sp³-hybridized carbons (Fsp3) is 0.188. The van der Waals surface area contributed by atoms with Crippen LogP contribution in [0.5, 0.6) is 0 Å². The molecule has 0 bridgehead atoms. The first kappa shape index (κ1) is 15.3. The Morgan fingerprint density at radius 1 is 1.05 bits per heavy atom. The molecule has 104 valence electrons. The van der Waals surface area contributed by atoms with Crippen molar-refractivity contribution in [2.45, 2.75) is 13.8 Å². The highest BCUT2D eigenvalue weighted by molar-refractivity contribution is 9.11. The average Bonchev–Trinajstić information content (AvgIpc) is 2.40. The molecule has 0 saturated carbocycles. The molecule has 1 amide bonds. The van der Waals surface area contributed by atoms with Crippen molar-refractivity contribution in [1.82, 2.24) is 0 Å². The Kier molecular flexibility index (Phi) is 5.00. The monoisotopic (exact) mass is 395 g/mol. The molecule has 0 aliphatic heterocycles. The van der Waals surface area contributed by atoms with Gasteiger partial charge in [0, 0.05) is 26.7 Å². The number of amides is 1. The van der Waals surface area contributed by atoms with Gasteiger partial charge >= 0.3 is 0 Å². The molecule has 0 radical (unpaired) electrons. The number of rotatable bonds is 3. The predicted octanol–water partition coefficient (Wildman–Crippen LogP) is 5.19. The summed E-state index contributed by atoms with van der Waals surface area (Å²) in [5.74, 6) is -0.00152. The molecule has 0 aliphatic rings. The number of aryl methyl sites for hydroxylation is 1. The lowest BCUT2D eigenvalue weighted by Crippen LogP contribution is -2.30. The molecule has 20 heavy (non-hydrogen) atoms. The molecule has 2 nitrogen and oxygen atoms in total. The fourth-order valence-electron chi connectivity index (χ4n) is 2.00. The first-order valence-corrected chi connectivity index (χ1v) is 7.94. The minimum atomic E-state index is -0.00152. The van der Waals surface area contributed by atoms with Crippen LogP contribution in [0.25, 0.3) is 0 Å². The van der Waals surface area contributed by atoms with Gasteiger partial charge in [-0.1, -0.05) is 49.6 Å². The van der Waals surface area contributed by atoms with Crippen molar-refractivity contribution in [3.63, 3.8) is 0 Å². The van der Waals surface area contributed by atoms with Gasteiger partial charge in [-0.15, -0.1) is 0 Å². The first-order chi connectivity index (χ1) is 9.51. The van der Waals surface area contributed by atoms with Crippen LogP contribution in [0.4, 0.5) is 5.69 Å². The second kappa shape index (κ2) is 6.55. The second-order valence-electron chi connectivity index (χ2n) is 4.54. The van der Waals surface area contributed by atoms with Crippen molar-refractivity contribution >= 4 is 43.5 Å². The Bertz CT molecular complexity index is 603. The SMILES string of the molecule is CCN(C(=O)c1cc(Br)cc(Br)c1)c1ccc(C)cc1. The van der Waals surface area contributed by atoms with E-state index >= 15 is 0 Å². The summed E-state index contributed by atoms with van der Waals surface area (Å²) in [4.78, 5) is 14.4. The molecular formula is C16H15Br2NO. The number of benzene rings is 2. The van der Waals surface area contributed by atoms with E-state index in [1.807, 2.05) is 56.3 Å². The summed E-state index contributed by atoms with van der Waals surface area (Å²) >= 11 is 6.83. The normalized spacial score (nSPS) is 10.4. The Morgan fingerprint density at radius 3 is 2.10 bits per heavy atom. The molecule has 0 aromatic heterocycles. The fourth-order valence-corrected chi connectivity index (χ4v) is 3.29. The van der Waals surface area contributed by atoms with Crippen LogP contribution in [0, 0.1) is 6.92 Å². The summed E-state index contributed by atoms with van der Waals surface area (Å²) in [6.45, 7) is 4.64. The van der Waals surface area contributed by atoms with Crippen molar-refractivity contribution in [3.05, 3.63) is 62.5 Å². The Balaban J connectivity index is 2.36. The van der Waals surface area contributed by atoms with Crippen molar-refractivity contribution < 1.29 is 4.79 Å². The molecule has 0 unspecified atom stereocenters. The molecule has 2 aromatic carbocycles. The van der Waals surface area contributed by atoms with Gasteiger partial charge in [0.15, 0.2) is 0 Å². The van der Waals surface area contributed by atoms with E-state index in [2.05, 4.69) is 31.9 Å². The van der Waals surface area contributed by atoms with Crippen LogP contribution in [0.2, 0.25) is 0 Å². The summed E-state index contributed by atoms with van der Waals surface area (Å²) in [7, 11) is 0. The van der Waals surface area contributed by atoms with Gasteiger partial charge in [0.25, 0.3) is 5.91 Å². The number of carbonyl (C=O) groups is 1. The number of hydrogen-bond donors (Lipinski definition) is 0. The molecule has 2 aromatic rings. The molecule has 0 heterocycles. The first-order valence-electron chi connectivity index (χ1n) is 6.36. The van der Waals surface area contributed by atoms with Crippen molar-refractivity contribution in [1.29, 1.82) is 0 Å². The zero-order chi connectivity index (χ0) is 14.7. The van der Waals surface area contributed by atoms with E-state index in [-0.39, 0.29) is 5.91 Å². The lowest BCUT2D eigenvalue weighted by Gasteiger charge is -2.21. The Morgan fingerprint density at radius 2 is 1.60 bits per heavy atom. The maximum Gasteiger partial charge on any atom is 0.258 e. The van der Waals surface area contributed by atoms with E-state index in [1.165, 1.54) is 5.56 Å². The highest BCUT2D eigenvalue weighted by Crippen LogP contribution is 2.23. The van der Waals surface area contributed by atoms with Gasteiger partial charge in [0.05, 0.1) is 0 Å².